The fourth-order valence-electron chi connectivity index (χ4n) is 1.43. The van der Waals surface area contributed by atoms with Crippen molar-refractivity contribution in [3.05, 3.63) is 0 Å². The summed E-state index contributed by atoms with van der Waals surface area (Å²) in [5.41, 5.74) is 0. The van der Waals surface area contributed by atoms with Gasteiger partial charge in [0.1, 0.15) is 12.6 Å². The highest BCUT2D eigenvalue weighted by Gasteiger charge is 2.20. The number of nitrogens with zero attached hydrogens (tertiary/aromatic N) is 1. The molecule has 0 aromatic rings. The number of carboxylic acids is 1. The van der Waals surface area contributed by atoms with E-state index >= 15 is 0 Å². The normalized spacial score (nSPS) is 11.5. The summed E-state index contributed by atoms with van der Waals surface area (Å²) in [6.45, 7) is 5.85. The molecule has 3 N–H and O–H groups in total. The van der Waals surface area contributed by atoms with Gasteiger partial charge in [-0.25, -0.2) is 4.79 Å². The lowest BCUT2D eigenvalue weighted by atomic mass is 10.3. The van der Waals surface area contributed by atoms with Crippen LogP contribution in [0.1, 0.15) is 33.6 Å². The first-order valence-corrected chi connectivity index (χ1v) is 6.47. The molecule has 0 saturated carbocycles. The predicted molar refractivity (Wildman–Crippen MR) is 70.8 cm³/mol. The molecule has 0 aliphatic rings. The fourth-order valence-corrected chi connectivity index (χ4v) is 1.43. The van der Waals surface area contributed by atoms with Gasteiger partial charge in [-0.1, -0.05) is 13.8 Å². The van der Waals surface area contributed by atoms with E-state index in [-0.39, 0.29) is 12.5 Å². The fraction of sp³-hybridized carbons (Fsp3) is 0.750. The standard InChI is InChI=1S/C12H23N3O4/c1-4-6-13-11(18)9(3)14-12(19)15(7-5-2)8-10(16)17/h9H,4-8H2,1-3H3,(H,13,18)(H,14,19)(H,16,17). The quantitative estimate of drug-likeness (QED) is 0.596. The highest BCUT2D eigenvalue weighted by molar-refractivity contribution is 5.87. The minimum atomic E-state index is -1.08. The zero-order valence-corrected chi connectivity index (χ0v) is 11.7. The first kappa shape index (κ1) is 17.2. The molecular weight excluding hydrogens is 250 g/mol. The van der Waals surface area contributed by atoms with Gasteiger partial charge in [0, 0.05) is 13.1 Å². The number of carbonyl (C=O) groups excluding carboxylic acids is 2. The molecule has 7 heteroatoms. The smallest absolute Gasteiger partial charge is 0.323 e. The summed E-state index contributed by atoms with van der Waals surface area (Å²) in [5, 5.41) is 13.9. The Kier molecular flexibility index (Phi) is 8.32. The van der Waals surface area contributed by atoms with Crippen LogP contribution in [-0.4, -0.2) is 53.6 Å². The Morgan fingerprint density at radius 1 is 1.21 bits per heavy atom. The second-order valence-electron chi connectivity index (χ2n) is 4.28. The number of urea groups is 1. The molecule has 0 aromatic carbocycles. The van der Waals surface area contributed by atoms with Crippen LogP contribution in [0.15, 0.2) is 0 Å². The molecule has 0 fully saturated rings. The molecular formula is C12H23N3O4. The number of amides is 3. The Labute approximate surface area is 113 Å². The Bertz CT molecular complexity index is 320. The molecule has 0 radical (unpaired) electrons. The zero-order chi connectivity index (χ0) is 14.8. The van der Waals surface area contributed by atoms with E-state index in [0.29, 0.717) is 19.5 Å². The van der Waals surface area contributed by atoms with Crippen LogP contribution in [-0.2, 0) is 9.59 Å². The van der Waals surface area contributed by atoms with Crippen LogP contribution < -0.4 is 10.6 Å². The summed E-state index contributed by atoms with van der Waals surface area (Å²) in [7, 11) is 0. The number of hydrogen-bond acceptors (Lipinski definition) is 3. The monoisotopic (exact) mass is 273 g/mol. The molecule has 19 heavy (non-hydrogen) atoms. The molecule has 0 bridgehead atoms. The van der Waals surface area contributed by atoms with E-state index in [1.165, 1.54) is 4.90 Å². The molecule has 0 heterocycles. The van der Waals surface area contributed by atoms with Gasteiger partial charge in [0.05, 0.1) is 0 Å². The Hall–Kier alpha value is -1.79. The Balaban J connectivity index is 4.36. The van der Waals surface area contributed by atoms with Crippen molar-refractivity contribution in [1.29, 1.82) is 0 Å². The van der Waals surface area contributed by atoms with Gasteiger partial charge in [-0.3, -0.25) is 9.59 Å². The number of carbonyl (C=O) groups is 3. The van der Waals surface area contributed by atoms with Crippen LogP contribution in [0.3, 0.4) is 0 Å². The van der Waals surface area contributed by atoms with Crippen molar-refractivity contribution in [3.63, 3.8) is 0 Å². The van der Waals surface area contributed by atoms with E-state index in [2.05, 4.69) is 10.6 Å². The molecule has 110 valence electrons. The number of nitrogens with one attached hydrogen (secondary N) is 2. The van der Waals surface area contributed by atoms with Gasteiger partial charge in [-0.2, -0.15) is 0 Å². The van der Waals surface area contributed by atoms with Gasteiger partial charge >= 0.3 is 12.0 Å². The van der Waals surface area contributed by atoms with Crippen molar-refractivity contribution in [2.45, 2.75) is 39.7 Å². The average molecular weight is 273 g/mol. The van der Waals surface area contributed by atoms with Crippen molar-refractivity contribution in [3.8, 4) is 0 Å². The van der Waals surface area contributed by atoms with E-state index in [4.69, 9.17) is 5.11 Å². The number of hydrogen-bond donors (Lipinski definition) is 3. The average Bonchev–Trinajstić information content (AvgIpc) is 2.34. The first-order valence-electron chi connectivity index (χ1n) is 6.47. The maximum absolute atomic E-state index is 11.8. The van der Waals surface area contributed by atoms with E-state index in [9.17, 15) is 14.4 Å². The SMILES string of the molecule is CCCNC(=O)C(C)NC(=O)N(CCC)CC(=O)O. The van der Waals surface area contributed by atoms with Gasteiger partial charge in [0.2, 0.25) is 5.91 Å². The summed E-state index contributed by atoms with van der Waals surface area (Å²) < 4.78 is 0. The van der Waals surface area contributed by atoms with Crippen LogP contribution in [0.25, 0.3) is 0 Å². The molecule has 7 nitrogen and oxygen atoms in total. The van der Waals surface area contributed by atoms with Crippen molar-refractivity contribution >= 4 is 17.9 Å². The topological polar surface area (TPSA) is 98.7 Å². The minimum absolute atomic E-state index is 0.276. The lowest BCUT2D eigenvalue weighted by Crippen LogP contribution is -2.51. The van der Waals surface area contributed by atoms with Crippen LogP contribution in [0.2, 0.25) is 0 Å². The second-order valence-corrected chi connectivity index (χ2v) is 4.28. The molecule has 1 atom stereocenters. The number of aliphatic carboxylic acids is 1. The van der Waals surface area contributed by atoms with E-state index in [1.807, 2.05) is 13.8 Å². The highest BCUT2D eigenvalue weighted by Crippen LogP contribution is 1.95. The van der Waals surface area contributed by atoms with Gasteiger partial charge in [0.15, 0.2) is 0 Å². The molecule has 0 aliphatic carbocycles. The third kappa shape index (κ3) is 7.28. The van der Waals surface area contributed by atoms with E-state index in [1.54, 1.807) is 6.92 Å². The third-order valence-electron chi connectivity index (χ3n) is 2.39. The maximum Gasteiger partial charge on any atom is 0.323 e. The summed E-state index contributed by atoms with van der Waals surface area (Å²) in [6.07, 6.45) is 1.46. The molecule has 0 rings (SSSR count). The summed E-state index contributed by atoms with van der Waals surface area (Å²) >= 11 is 0. The highest BCUT2D eigenvalue weighted by atomic mass is 16.4. The van der Waals surface area contributed by atoms with Gasteiger partial charge in [-0.05, 0) is 19.8 Å². The number of carboxylic acid groups (broad SMARTS) is 1. The van der Waals surface area contributed by atoms with Crippen LogP contribution in [0.4, 0.5) is 4.79 Å². The van der Waals surface area contributed by atoms with Crippen molar-refractivity contribution in [1.82, 2.24) is 15.5 Å². The van der Waals surface area contributed by atoms with Crippen LogP contribution >= 0.6 is 0 Å². The molecule has 0 spiro atoms. The van der Waals surface area contributed by atoms with Gasteiger partial charge < -0.3 is 20.6 Å². The van der Waals surface area contributed by atoms with Gasteiger partial charge in [0.25, 0.3) is 0 Å². The predicted octanol–water partition coefficient (Wildman–Crippen LogP) is 0.407. The number of rotatable bonds is 8. The summed E-state index contributed by atoms with van der Waals surface area (Å²) in [6, 6.07) is -1.23. The molecule has 0 aliphatic heterocycles. The second kappa shape index (κ2) is 9.18. The third-order valence-corrected chi connectivity index (χ3v) is 2.39. The maximum atomic E-state index is 11.8. The molecule has 1 unspecified atom stereocenters. The van der Waals surface area contributed by atoms with Gasteiger partial charge in [-0.15, -0.1) is 0 Å². The molecule has 3 amide bonds. The van der Waals surface area contributed by atoms with Crippen LogP contribution in [0.5, 0.6) is 0 Å². The first-order chi connectivity index (χ1) is 8.92. The van der Waals surface area contributed by atoms with Crippen molar-refractivity contribution in [2.75, 3.05) is 19.6 Å². The Morgan fingerprint density at radius 3 is 2.32 bits per heavy atom. The summed E-state index contributed by atoms with van der Waals surface area (Å²) in [4.78, 5) is 35.2. The van der Waals surface area contributed by atoms with Crippen molar-refractivity contribution in [2.24, 2.45) is 0 Å². The minimum Gasteiger partial charge on any atom is -0.480 e. The Morgan fingerprint density at radius 2 is 1.84 bits per heavy atom. The summed E-state index contributed by atoms with van der Waals surface area (Å²) in [5.74, 6) is -1.35. The zero-order valence-electron chi connectivity index (χ0n) is 11.7. The lowest BCUT2D eigenvalue weighted by Gasteiger charge is -2.23. The van der Waals surface area contributed by atoms with Crippen LogP contribution in [0, 0.1) is 0 Å². The lowest BCUT2D eigenvalue weighted by molar-refractivity contribution is -0.137. The largest absolute Gasteiger partial charge is 0.480 e. The molecule has 0 saturated heterocycles. The van der Waals surface area contributed by atoms with Crippen molar-refractivity contribution < 1.29 is 19.5 Å². The van der Waals surface area contributed by atoms with E-state index < -0.39 is 18.0 Å². The molecule has 0 aromatic heterocycles. The van der Waals surface area contributed by atoms with E-state index in [0.717, 1.165) is 6.42 Å².